The van der Waals surface area contributed by atoms with E-state index >= 15 is 0 Å². The molecule has 3 aromatic rings. The van der Waals surface area contributed by atoms with Gasteiger partial charge in [0.05, 0.1) is 24.5 Å². The van der Waals surface area contributed by atoms with E-state index in [9.17, 15) is 13.2 Å². The Morgan fingerprint density at radius 1 is 0.970 bits per heavy atom. The first-order valence-corrected chi connectivity index (χ1v) is 12.5. The number of sulfonamides is 1. The summed E-state index contributed by atoms with van der Waals surface area (Å²) in [6.07, 6.45) is 1.18. The lowest BCUT2D eigenvalue weighted by molar-refractivity contribution is 0.0939. The maximum Gasteiger partial charge on any atom is 0.251 e. The molecule has 7 nitrogen and oxygen atoms in total. The Morgan fingerprint density at radius 2 is 1.64 bits per heavy atom. The lowest BCUT2D eigenvalue weighted by Gasteiger charge is -2.22. The summed E-state index contributed by atoms with van der Waals surface area (Å²) in [5.74, 6) is 1.17. The third-order valence-electron chi connectivity index (χ3n) is 5.40. The van der Waals surface area contributed by atoms with Gasteiger partial charge >= 0.3 is 0 Å². The van der Waals surface area contributed by atoms with E-state index < -0.39 is 10.0 Å². The number of rotatable bonds is 7. The van der Waals surface area contributed by atoms with Gasteiger partial charge in [-0.25, -0.2) is 8.42 Å². The van der Waals surface area contributed by atoms with Crippen LogP contribution in [0.2, 0.25) is 0 Å². The smallest absolute Gasteiger partial charge is 0.251 e. The molecule has 4 rings (SSSR count). The standard InChI is InChI=1S/C25H26N2O5S/c1-18(21-12-13-23-24(16-21)32-15-14-31-23)26-25(28)20-10-8-19(9-11-20)17-27(33(2,29)30)22-6-4-3-5-7-22/h3-13,16,18H,14-15,17H2,1-2H3,(H,26,28)/t18-/m1/s1. The van der Waals surface area contributed by atoms with E-state index in [1.54, 1.807) is 48.5 Å². The zero-order valence-electron chi connectivity index (χ0n) is 18.5. The Labute approximate surface area is 194 Å². The number of anilines is 1. The number of hydrogen-bond donors (Lipinski definition) is 1. The maximum atomic E-state index is 12.8. The van der Waals surface area contributed by atoms with Crippen molar-refractivity contribution < 1.29 is 22.7 Å². The number of para-hydroxylation sites is 1. The molecular weight excluding hydrogens is 440 g/mol. The Hall–Kier alpha value is -3.52. The van der Waals surface area contributed by atoms with E-state index in [-0.39, 0.29) is 18.5 Å². The molecule has 8 heteroatoms. The third kappa shape index (κ3) is 5.46. The monoisotopic (exact) mass is 466 g/mol. The molecule has 1 aliphatic rings. The largest absolute Gasteiger partial charge is 0.486 e. The number of benzene rings is 3. The molecule has 1 aliphatic heterocycles. The van der Waals surface area contributed by atoms with Crippen molar-refractivity contribution in [2.24, 2.45) is 0 Å². The highest BCUT2D eigenvalue weighted by molar-refractivity contribution is 7.92. The molecule has 0 spiro atoms. The number of nitrogens with zero attached hydrogens (tertiary/aromatic N) is 1. The first kappa shape index (κ1) is 22.7. The van der Waals surface area contributed by atoms with Gasteiger partial charge in [0.2, 0.25) is 10.0 Å². The number of nitrogens with one attached hydrogen (secondary N) is 1. The predicted octanol–water partition coefficient (Wildman–Crippen LogP) is 3.92. The van der Waals surface area contributed by atoms with Crippen LogP contribution in [-0.2, 0) is 16.6 Å². The first-order valence-electron chi connectivity index (χ1n) is 10.6. The molecule has 3 aromatic carbocycles. The van der Waals surface area contributed by atoms with Crippen molar-refractivity contribution in [3.63, 3.8) is 0 Å². The summed E-state index contributed by atoms with van der Waals surface area (Å²) in [7, 11) is -3.46. The van der Waals surface area contributed by atoms with Crippen molar-refractivity contribution >= 4 is 21.6 Å². The van der Waals surface area contributed by atoms with E-state index in [1.807, 2.05) is 31.2 Å². The molecular formula is C25H26N2O5S. The van der Waals surface area contributed by atoms with Crippen LogP contribution < -0.4 is 19.1 Å². The number of ether oxygens (including phenoxy) is 2. The molecule has 1 atom stereocenters. The van der Waals surface area contributed by atoms with Crippen LogP contribution >= 0.6 is 0 Å². The summed E-state index contributed by atoms with van der Waals surface area (Å²) < 4.78 is 37.1. The molecule has 0 fully saturated rings. The summed E-state index contributed by atoms with van der Waals surface area (Å²) in [5.41, 5.74) is 2.78. The topological polar surface area (TPSA) is 84.9 Å². The van der Waals surface area contributed by atoms with Gasteiger partial charge in [-0.3, -0.25) is 9.10 Å². The van der Waals surface area contributed by atoms with Crippen LogP contribution in [0.25, 0.3) is 0 Å². The Bertz CT molecular complexity index is 1230. The maximum absolute atomic E-state index is 12.8. The minimum atomic E-state index is -3.46. The van der Waals surface area contributed by atoms with E-state index in [4.69, 9.17) is 9.47 Å². The van der Waals surface area contributed by atoms with E-state index in [0.717, 1.165) is 11.1 Å². The van der Waals surface area contributed by atoms with Crippen LogP contribution in [0.4, 0.5) is 5.69 Å². The van der Waals surface area contributed by atoms with Crippen molar-refractivity contribution in [2.45, 2.75) is 19.5 Å². The molecule has 1 N–H and O–H groups in total. The fraction of sp³-hybridized carbons (Fsp3) is 0.240. The molecule has 33 heavy (non-hydrogen) atoms. The number of carbonyl (C=O) groups is 1. The van der Waals surface area contributed by atoms with Gasteiger partial charge in [-0.05, 0) is 54.4 Å². The van der Waals surface area contributed by atoms with Gasteiger partial charge in [0, 0.05) is 5.56 Å². The van der Waals surface area contributed by atoms with Gasteiger partial charge in [-0.1, -0.05) is 36.4 Å². The molecule has 0 aliphatic carbocycles. The third-order valence-corrected chi connectivity index (χ3v) is 6.54. The van der Waals surface area contributed by atoms with E-state index in [1.165, 1.54) is 10.6 Å². The van der Waals surface area contributed by atoms with E-state index in [2.05, 4.69) is 5.32 Å². The molecule has 0 radical (unpaired) electrons. The molecule has 1 heterocycles. The van der Waals surface area contributed by atoms with Crippen molar-refractivity contribution in [3.8, 4) is 11.5 Å². The highest BCUT2D eigenvalue weighted by atomic mass is 32.2. The minimum Gasteiger partial charge on any atom is -0.486 e. The van der Waals surface area contributed by atoms with Crippen LogP contribution in [0.15, 0.2) is 72.8 Å². The number of hydrogen-bond acceptors (Lipinski definition) is 5. The van der Waals surface area contributed by atoms with Crippen molar-refractivity contribution in [2.75, 3.05) is 23.8 Å². The lowest BCUT2D eigenvalue weighted by Crippen LogP contribution is -2.29. The van der Waals surface area contributed by atoms with E-state index in [0.29, 0.717) is 36.0 Å². The molecule has 0 unspecified atom stereocenters. The predicted molar refractivity (Wildman–Crippen MR) is 127 cm³/mol. The highest BCUT2D eigenvalue weighted by Crippen LogP contribution is 2.32. The van der Waals surface area contributed by atoms with Gasteiger partial charge in [-0.15, -0.1) is 0 Å². The molecule has 1 amide bonds. The zero-order chi connectivity index (χ0) is 23.4. The Morgan fingerprint density at radius 3 is 2.30 bits per heavy atom. The molecule has 0 bridgehead atoms. The fourth-order valence-electron chi connectivity index (χ4n) is 3.61. The second kappa shape index (κ2) is 9.54. The van der Waals surface area contributed by atoms with Gasteiger partial charge < -0.3 is 14.8 Å². The summed E-state index contributed by atoms with van der Waals surface area (Å²) in [4.78, 5) is 12.8. The second-order valence-electron chi connectivity index (χ2n) is 7.90. The normalized spacial score (nSPS) is 13.8. The average Bonchev–Trinajstić information content (AvgIpc) is 2.82. The van der Waals surface area contributed by atoms with Crippen LogP contribution in [-0.4, -0.2) is 33.8 Å². The van der Waals surface area contributed by atoms with Crippen LogP contribution in [0, 0.1) is 0 Å². The Kier molecular flexibility index (Phi) is 6.55. The van der Waals surface area contributed by atoms with Gasteiger partial charge in [0.25, 0.3) is 5.91 Å². The van der Waals surface area contributed by atoms with Gasteiger partial charge in [0.15, 0.2) is 11.5 Å². The quantitative estimate of drug-likeness (QED) is 0.571. The summed E-state index contributed by atoms with van der Waals surface area (Å²) in [5, 5.41) is 2.99. The second-order valence-corrected chi connectivity index (χ2v) is 9.81. The van der Waals surface area contributed by atoms with Crippen molar-refractivity contribution in [1.29, 1.82) is 0 Å². The molecule has 172 valence electrons. The average molecular weight is 467 g/mol. The highest BCUT2D eigenvalue weighted by Gasteiger charge is 2.19. The fourth-order valence-corrected chi connectivity index (χ4v) is 4.50. The Balaban J connectivity index is 1.43. The SMILES string of the molecule is C[C@@H](NC(=O)c1ccc(CN(c2ccccc2)S(C)(=O)=O)cc1)c1ccc2c(c1)OCCO2. The van der Waals surface area contributed by atoms with Crippen molar-refractivity contribution in [1.82, 2.24) is 5.32 Å². The number of amides is 1. The molecule has 0 saturated carbocycles. The van der Waals surface area contributed by atoms with Crippen LogP contribution in [0.3, 0.4) is 0 Å². The van der Waals surface area contributed by atoms with Crippen LogP contribution in [0.5, 0.6) is 11.5 Å². The van der Waals surface area contributed by atoms with Crippen molar-refractivity contribution in [3.05, 3.63) is 89.5 Å². The molecule has 0 aromatic heterocycles. The van der Waals surface area contributed by atoms with Gasteiger partial charge in [0.1, 0.15) is 13.2 Å². The summed E-state index contributed by atoms with van der Waals surface area (Å²) in [6.45, 7) is 3.12. The number of fused-ring (bicyclic) bond motifs is 1. The first-order chi connectivity index (χ1) is 15.8. The lowest BCUT2D eigenvalue weighted by atomic mass is 10.1. The summed E-state index contributed by atoms with van der Waals surface area (Å²) in [6, 6.07) is 21.3. The summed E-state index contributed by atoms with van der Waals surface area (Å²) >= 11 is 0. The minimum absolute atomic E-state index is 0.179. The number of carbonyl (C=O) groups excluding carboxylic acids is 1. The zero-order valence-corrected chi connectivity index (χ0v) is 19.3. The molecule has 0 saturated heterocycles. The van der Waals surface area contributed by atoms with Crippen LogP contribution in [0.1, 0.15) is 34.5 Å². The van der Waals surface area contributed by atoms with Gasteiger partial charge in [-0.2, -0.15) is 0 Å².